The Morgan fingerprint density at radius 2 is 1.96 bits per heavy atom. The van der Waals surface area contributed by atoms with E-state index in [2.05, 4.69) is 71.0 Å². The lowest BCUT2D eigenvalue weighted by Gasteiger charge is -2.24. The van der Waals surface area contributed by atoms with E-state index in [0.717, 1.165) is 35.6 Å². The summed E-state index contributed by atoms with van der Waals surface area (Å²) < 4.78 is 7.94. The van der Waals surface area contributed by atoms with Gasteiger partial charge in [0.15, 0.2) is 0 Å². The SMILES string of the molecule is CN1CC(c2nc(Cl)nc3c2ccn3COCCS(C)(C)C)c2ccccc21. The monoisotopic (exact) mass is 418 g/mol. The number of ether oxygens (including phenoxy) is 1. The van der Waals surface area contributed by atoms with Crippen molar-refractivity contribution < 1.29 is 4.74 Å². The number of aromatic nitrogens is 3. The molecule has 1 aromatic carbocycles. The number of hydrogen-bond acceptors (Lipinski definition) is 4. The number of hydrogen-bond donors (Lipinski definition) is 0. The fourth-order valence-electron chi connectivity index (χ4n) is 3.74. The first kappa shape index (κ1) is 19.6. The molecule has 150 valence electrons. The van der Waals surface area contributed by atoms with Gasteiger partial charge in [-0.25, -0.2) is 15.0 Å². The summed E-state index contributed by atoms with van der Waals surface area (Å²) in [6, 6.07) is 10.6. The van der Waals surface area contributed by atoms with Gasteiger partial charge in [0.25, 0.3) is 0 Å². The lowest BCUT2D eigenvalue weighted by atomic mass is 9.96. The van der Waals surface area contributed by atoms with E-state index in [9.17, 15) is 0 Å². The molecule has 0 aliphatic carbocycles. The molecule has 2 aromatic heterocycles. The average molecular weight is 419 g/mol. The van der Waals surface area contributed by atoms with Crippen molar-refractivity contribution in [3.8, 4) is 0 Å². The molecular formula is C21H27ClN4OS. The summed E-state index contributed by atoms with van der Waals surface area (Å²) in [5.74, 6) is 1.28. The van der Waals surface area contributed by atoms with Gasteiger partial charge < -0.3 is 14.2 Å². The van der Waals surface area contributed by atoms with Crippen LogP contribution >= 0.6 is 21.6 Å². The Morgan fingerprint density at radius 1 is 1.18 bits per heavy atom. The summed E-state index contributed by atoms with van der Waals surface area (Å²) in [5.41, 5.74) is 4.37. The zero-order valence-electron chi connectivity index (χ0n) is 16.9. The zero-order chi connectivity index (χ0) is 19.9. The average Bonchev–Trinajstić information content (AvgIpc) is 3.19. The molecule has 1 aliphatic heterocycles. The Balaban J connectivity index is 1.64. The summed E-state index contributed by atoms with van der Waals surface area (Å²) in [6.07, 6.45) is 8.93. The Morgan fingerprint density at radius 3 is 2.75 bits per heavy atom. The van der Waals surface area contributed by atoms with Crippen LogP contribution in [0.2, 0.25) is 5.28 Å². The molecule has 3 aromatic rings. The Labute approximate surface area is 173 Å². The highest BCUT2D eigenvalue weighted by Crippen LogP contribution is 2.40. The first-order valence-corrected chi connectivity index (χ1v) is 12.8. The van der Waals surface area contributed by atoms with Gasteiger partial charge in [0, 0.05) is 42.5 Å². The lowest BCUT2D eigenvalue weighted by Crippen LogP contribution is -2.17. The van der Waals surface area contributed by atoms with E-state index < -0.39 is 10.0 Å². The van der Waals surface area contributed by atoms with Gasteiger partial charge in [-0.15, -0.1) is 0 Å². The maximum Gasteiger partial charge on any atom is 0.224 e. The first-order chi connectivity index (χ1) is 13.3. The number of nitrogens with zero attached hydrogens (tertiary/aromatic N) is 4. The molecule has 1 unspecified atom stereocenters. The van der Waals surface area contributed by atoms with Crippen LogP contribution in [0.3, 0.4) is 0 Å². The van der Waals surface area contributed by atoms with Crippen LogP contribution in [-0.2, 0) is 11.5 Å². The molecule has 0 saturated carbocycles. The van der Waals surface area contributed by atoms with Crippen LogP contribution in [0.15, 0.2) is 36.5 Å². The molecule has 0 radical (unpaired) electrons. The molecule has 0 amide bonds. The second kappa shape index (κ2) is 7.58. The van der Waals surface area contributed by atoms with E-state index >= 15 is 0 Å². The number of rotatable bonds is 6. The summed E-state index contributed by atoms with van der Waals surface area (Å²) in [5, 5.41) is 1.33. The van der Waals surface area contributed by atoms with E-state index in [0.29, 0.717) is 6.73 Å². The van der Waals surface area contributed by atoms with E-state index in [4.69, 9.17) is 16.3 Å². The second-order valence-electron chi connectivity index (χ2n) is 8.22. The third-order valence-corrected chi connectivity index (χ3v) is 6.76. The lowest BCUT2D eigenvalue weighted by molar-refractivity contribution is 0.0923. The normalized spacial score (nSPS) is 17.3. The molecule has 0 fully saturated rings. The number of fused-ring (bicyclic) bond motifs is 2. The quantitative estimate of drug-likeness (QED) is 0.441. The van der Waals surface area contributed by atoms with Crippen LogP contribution in [-0.4, -0.2) is 59.3 Å². The number of para-hydroxylation sites is 1. The highest BCUT2D eigenvalue weighted by atomic mass is 35.5. The smallest absolute Gasteiger partial charge is 0.224 e. The van der Waals surface area contributed by atoms with Crippen LogP contribution < -0.4 is 4.90 Å². The topological polar surface area (TPSA) is 43.2 Å². The van der Waals surface area contributed by atoms with Crippen molar-refractivity contribution in [2.24, 2.45) is 0 Å². The van der Waals surface area contributed by atoms with Gasteiger partial charge in [-0.2, -0.15) is 4.98 Å². The predicted octanol–water partition coefficient (Wildman–Crippen LogP) is 4.33. The third-order valence-electron chi connectivity index (χ3n) is 5.20. The van der Waals surface area contributed by atoms with Crippen molar-refractivity contribution in [1.82, 2.24) is 14.5 Å². The van der Waals surface area contributed by atoms with Crippen LogP contribution in [0.4, 0.5) is 5.69 Å². The standard InChI is InChI=1S/C21H27ClN4OS/c1-25-13-17(15-7-5-6-8-18(15)25)19-16-9-10-26(20(16)24-21(22)23-19)14-27-11-12-28(2,3)4/h5-10,17H,11-14H2,1-4H3. The molecule has 28 heavy (non-hydrogen) atoms. The highest BCUT2D eigenvalue weighted by molar-refractivity contribution is 8.32. The van der Waals surface area contributed by atoms with Crippen LogP contribution in [0, 0.1) is 0 Å². The Bertz CT molecular complexity index is 998. The van der Waals surface area contributed by atoms with Crippen molar-refractivity contribution in [1.29, 1.82) is 0 Å². The molecule has 0 bridgehead atoms. The number of likely N-dealkylation sites (N-methyl/N-ethyl adjacent to an activating group) is 1. The van der Waals surface area contributed by atoms with Gasteiger partial charge in [-0.05, 0) is 48.1 Å². The summed E-state index contributed by atoms with van der Waals surface area (Å²) in [4.78, 5) is 11.4. The van der Waals surface area contributed by atoms with Gasteiger partial charge >= 0.3 is 0 Å². The summed E-state index contributed by atoms with van der Waals surface area (Å²) in [6.45, 7) is 2.12. The molecule has 7 heteroatoms. The first-order valence-electron chi connectivity index (χ1n) is 9.39. The molecule has 0 saturated heterocycles. The summed E-state index contributed by atoms with van der Waals surface area (Å²) >= 11 is 6.33. The Kier molecular flexibility index (Phi) is 5.29. The van der Waals surface area contributed by atoms with E-state index in [1.807, 2.05) is 10.8 Å². The van der Waals surface area contributed by atoms with E-state index in [-0.39, 0.29) is 11.2 Å². The molecule has 3 heterocycles. The van der Waals surface area contributed by atoms with Gasteiger partial charge in [0.2, 0.25) is 5.28 Å². The molecule has 1 aliphatic rings. The molecule has 0 N–H and O–H groups in total. The molecule has 5 nitrogen and oxygen atoms in total. The number of anilines is 1. The van der Waals surface area contributed by atoms with Crippen molar-refractivity contribution in [3.63, 3.8) is 0 Å². The summed E-state index contributed by atoms with van der Waals surface area (Å²) in [7, 11) is 1.57. The van der Waals surface area contributed by atoms with Gasteiger partial charge in [0.05, 0.1) is 12.3 Å². The van der Waals surface area contributed by atoms with Crippen molar-refractivity contribution >= 4 is 38.3 Å². The van der Waals surface area contributed by atoms with E-state index in [1.165, 1.54) is 11.3 Å². The van der Waals surface area contributed by atoms with Gasteiger partial charge in [0.1, 0.15) is 12.4 Å². The Hall–Kier alpha value is -1.76. The van der Waals surface area contributed by atoms with Crippen LogP contribution in [0.5, 0.6) is 0 Å². The molecule has 0 spiro atoms. The molecule has 4 rings (SSSR count). The minimum absolute atomic E-state index is 0.186. The van der Waals surface area contributed by atoms with E-state index in [1.54, 1.807) is 0 Å². The predicted molar refractivity (Wildman–Crippen MR) is 120 cm³/mol. The fraction of sp³-hybridized carbons (Fsp3) is 0.429. The van der Waals surface area contributed by atoms with Gasteiger partial charge in [-0.3, -0.25) is 0 Å². The molecular weight excluding hydrogens is 392 g/mol. The maximum absolute atomic E-state index is 6.33. The number of halogens is 1. The van der Waals surface area contributed by atoms with Crippen molar-refractivity contribution in [3.05, 3.63) is 53.1 Å². The minimum Gasteiger partial charge on any atom is -0.373 e. The van der Waals surface area contributed by atoms with Crippen LogP contribution in [0.25, 0.3) is 11.0 Å². The van der Waals surface area contributed by atoms with Crippen LogP contribution in [0.1, 0.15) is 17.2 Å². The minimum atomic E-state index is -0.551. The van der Waals surface area contributed by atoms with Crippen molar-refractivity contribution in [2.75, 3.05) is 49.6 Å². The molecule has 1 atom stereocenters. The maximum atomic E-state index is 6.33. The largest absolute Gasteiger partial charge is 0.373 e. The number of benzene rings is 1. The highest BCUT2D eigenvalue weighted by Gasteiger charge is 2.30. The zero-order valence-corrected chi connectivity index (χ0v) is 18.4. The third kappa shape index (κ3) is 3.86. The fourth-order valence-corrected chi connectivity index (χ4v) is 4.53. The van der Waals surface area contributed by atoms with Gasteiger partial charge in [-0.1, -0.05) is 18.2 Å². The second-order valence-corrected chi connectivity index (χ2v) is 13.2. The van der Waals surface area contributed by atoms with Crippen molar-refractivity contribution in [2.45, 2.75) is 12.6 Å².